The molecule has 3 rings (SSSR count). The summed E-state index contributed by atoms with van der Waals surface area (Å²) in [5.74, 6) is 0. The lowest BCUT2D eigenvalue weighted by molar-refractivity contribution is 0.761. The summed E-state index contributed by atoms with van der Waals surface area (Å²) in [4.78, 5) is 0. The molecule has 2 aromatic carbocycles. The van der Waals surface area contributed by atoms with Crippen molar-refractivity contribution in [2.24, 2.45) is 0 Å². The summed E-state index contributed by atoms with van der Waals surface area (Å²) in [6.45, 7) is 4.64. The molecule has 0 spiro atoms. The Morgan fingerprint density at radius 1 is 0.609 bits per heavy atom. The standard InChI is InChI=1S/C22H30P/c1-3-5-11-17-23(18-12-6-4-2)21-15-9-7-13-19(21)20-14-8-10-16-22(20)23/h7-10,13-16H,3-6,11-12,17-18H2,1-2H3. The quantitative estimate of drug-likeness (QED) is 0.411. The second-order valence-corrected chi connectivity index (χ2v) is 10.7. The number of unbranched alkanes of at least 4 members (excludes halogenated alkanes) is 4. The highest BCUT2D eigenvalue weighted by atomic mass is 31.2. The van der Waals surface area contributed by atoms with Crippen molar-refractivity contribution in [1.29, 1.82) is 0 Å². The van der Waals surface area contributed by atoms with Crippen molar-refractivity contribution in [3.8, 4) is 11.1 Å². The third-order valence-electron chi connectivity index (χ3n) is 5.31. The van der Waals surface area contributed by atoms with E-state index in [1.54, 1.807) is 10.6 Å². The van der Waals surface area contributed by atoms with Gasteiger partial charge in [0.15, 0.2) is 0 Å². The Balaban J connectivity index is 2.05. The molecule has 0 amide bonds. The van der Waals surface area contributed by atoms with Crippen molar-refractivity contribution in [3.05, 3.63) is 48.5 Å². The summed E-state index contributed by atoms with van der Waals surface area (Å²) in [5.41, 5.74) is 3.06. The van der Waals surface area contributed by atoms with Crippen LogP contribution < -0.4 is 10.6 Å². The highest BCUT2D eigenvalue weighted by molar-refractivity contribution is 7.90. The first-order valence-electron chi connectivity index (χ1n) is 9.40. The van der Waals surface area contributed by atoms with Gasteiger partial charge in [-0.15, -0.1) is 0 Å². The minimum absolute atomic E-state index is 1.19. The van der Waals surface area contributed by atoms with E-state index in [1.165, 1.54) is 62.0 Å². The van der Waals surface area contributed by atoms with Gasteiger partial charge >= 0.3 is 0 Å². The molecule has 1 aliphatic heterocycles. The van der Waals surface area contributed by atoms with Crippen LogP contribution >= 0.6 is 7.26 Å². The van der Waals surface area contributed by atoms with Crippen LogP contribution in [0.5, 0.6) is 0 Å². The van der Waals surface area contributed by atoms with Gasteiger partial charge in [-0.1, -0.05) is 95.3 Å². The van der Waals surface area contributed by atoms with Gasteiger partial charge in [0.2, 0.25) is 0 Å². The highest BCUT2D eigenvalue weighted by Gasteiger charge is 2.39. The number of rotatable bonds is 8. The molecular weight excluding hydrogens is 295 g/mol. The average Bonchev–Trinajstić information content (AvgIpc) is 2.87. The third-order valence-corrected chi connectivity index (χ3v) is 10.1. The van der Waals surface area contributed by atoms with E-state index in [-0.39, 0.29) is 0 Å². The summed E-state index contributed by atoms with van der Waals surface area (Å²) in [6, 6.07) is 18.6. The van der Waals surface area contributed by atoms with Crippen LogP contribution in [-0.4, -0.2) is 12.3 Å². The molecule has 0 fully saturated rings. The third kappa shape index (κ3) is 3.11. The second kappa shape index (κ2) is 7.63. The van der Waals surface area contributed by atoms with E-state index in [2.05, 4.69) is 62.4 Å². The molecule has 123 valence electrons. The maximum atomic E-state index is 2.45. The first kappa shape index (κ1) is 16.7. The molecule has 0 aromatic heterocycles. The van der Waals surface area contributed by atoms with Gasteiger partial charge in [-0.3, -0.25) is 0 Å². The Morgan fingerprint density at radius 3 is 1.48 bits per heavy atom. The zero-order chi connectivity index (χ0) is 16.1. The molecule has 0 atom stereocenters. The van der Waals surface area contributed by atoms with Gasteiger partial charge in [0.1, 0.15) is 0 Å². The smallest absolute Gasteiger partial charge is 0.0101 e. The lowest BCUT2D eigenvalue weighted by atomic mass is 10.1. The Hall–Kier alpha value is -1.13. The first-order chi connectivity index (χ1) is 11.3. The molecule has 23 heavy (non-hydrogen) atoms. The maximum Gasteiger partial charge on any atom is -0.0101 e. The average molecular weight is 325 g/mol. The second-order valence-electron chi connectivity index (χ2n) is 6.86. The van der Waals surface area contributed by atoms with Crippen LogP contribution in [0.4, 0.5) is 0 Å². The van der Waals surface area contributed by atoms with E-state index in [4.69, 9.17) is 0 Å². The van der Waals surface area contributed by atoms with Gasteiger partial charge in [0, 0.05) is 0 Å². The number of hydrogen-bond acceptors (Lipinski definition) is 0. The monoisotopic (exact) mass is 325 g/mol. The molecule has 0 nitrogen and oxygen atoms in total. The van der Waals surface area contributed by atoms with Crippen molar-refractivity contribution in [2.75, 3.05) is 12.3 Å². The van der Waals surface area contributed by atoms with Gasteiger partial charge in [0.05, 0.1) is 0 Å². The summed E-state index contributed by atoms with van der Waals surface area (Å²) < 4.78 is 0. The van der Waals surface area contributed by atoms with Crippen LogP contribution in [0.15, 0.2) is 48.5 Å². The summed E-state index contributed by atoms with van der Waals surface area (Å²) in [5, 5.41) is 3.40. The van der Waals surface area contributed by atoms with Gasteiger partial charge in [-0.25, -0.2) is 0 Å². The minimum atomic E-state index is -1.19. The molecule has 0 unspecified atom stereocenters. The normalized spacial score (nSPS) is 14.5. The fourth-order valence-electron chi connectivity index (χ4n) is 4.14. The number of fused-ring (bicyclic) bond motifs is 3. The van der Waals surface area contributed by atoms with Crippen LogP contribution in [0, 0.1) is 0 Å². The van der Waals surface area contributed by atoms with Gasteiger partial charge < -0.3 is 0 Å². The molecule has 0 N–H and O–H groups in total. The molecule has 1 heteroatoms. The fourth-order valence-corrected chi connectivity index (χ4v) is 9.16. The SMILES string of the molecule is CCCCC[P]1(CCCCC)c2ccccc2-c2ccccc21. The fraction of sp³-hybridized carbons (Fsp3) is 0.455. The molecule has 0 aliphatic carbocycles. The Bertz CT molecular complexity index is 586. The molecule has 0 bridgehead atoms. The minimum Gasteiger partial charge on any atom is -0.0687 e. The molecule has 1 radical (unpaired) electrons. The summed E-state index contributed by atoms with van der Waals surface area (Å²) >= 11 is 0. The zero-order valence-electron chi connectivity index (χ0n) is 14.7. The molecule has 0 saturated heterocycles. The van der Waals surface area contributed by atoms with Crippen molar-refractivity contribution < 1.29 is 0 Å². The van der Waals surface area contributed by atoms with Gasteiger partial charge in [-0.2, -0.15) is 0 Å². The molecule has 0 saturated carbocycles. The molecular formula is C22H30P. The van der Waals surface area contributed by atoms with E-state index in [1.807, 2.05) is 0 Å². The highest BCUT2D eigenvalue weighted by Crippen LogP contribution is 2.64. The van der Waals surface area contributed by atoms with E-state index in [9.17, 15) is 0 Å². The molecule has 1 aliphatic rings. The lowest BCUT2D eigenvalue weighted by Crippen LogP contribution is -2.23. The Kier molecular flexibility index (Phi) is 5.54. The predicted molar refractivity (Wildman–Crippen MR) is 107 cm³/mol. The van der Waals surface area contributed by atoms with E-state index >= 15 is 0 Å². The number of benzene rings is 2. The van der Waals surface area contributed by atoms with Crippen LogP contribution in [-0.2, 0) is 0 Å². The van der Waals surface area contributed by atoms with Gasteiger partial charge in [0.25, 0.3) is 0 Å². The van der Waals surface area contributed by atoms with Crippen molar-refractivity contribution >= 4 is 17.9 Å². The first-order valence-corrected chi connectivity index (χ1v) is 11.6. The van der Waals surface area contributed by atoms with Crippen LogP contribution in [0.25, 0.3) is 11.1 Å². The predicted octanol–water partition coefficient (Wildman–Crippen LogP) is 6.02. The summed E-state index contributed by atoms with van der Waals surface area (Å²) in [7, 11) is -1.19. The van der Waals surface area contributed by atoms with Crippen molar-refractivity contribution in [2.45, 2.75) is 52.4 Å². The zero-order valence-corrected chi connectivity index (χ0v) is 15.6. The largest absolute Gasteiger partial charge is 0.0687 e. The summed E-state index contributed by atoms with van der Waals surface area (Å²) in [6.07, 6.45) is 11.0. The van der Waals surface area contributed by atoms with E-state index in [0.717, 1.165) is 0 Å². The van der Waals surface area contributed by atoms with Crippen LogP contribution in [0.3, 0.4) is 0 Å². The maximum absolute atomic E-state index is 2.45. The molecule has 2 aromatic rings. The van der Waals surface area contributed by atoms with Crippen LogP contribution in [0.2, 0.25) is 0 Å². The van der Waals surface area contributed by atoms with E-state index in [0.29, 0.717) is 0 Å². The Morgan fingerprint density at radius 2 is 1.04 bits per heavy atom. The number of hydrogen-bond donors (Lipinski definition) is 0. The lowest BCUT2D eigenvalue weighted by Gasteiger charge is -2.35. The van der Waals surface area contributed by atoms with Crippen molar-refractivity contribution in [3.63, 3.8) is 0 Å². The molecule has 1 heterocycles. The van der Waals surface area contributed by atoms with E-state index < -0.39 is 7.26 Å². The van der Waals surface area contributed by atoms with Gasteiger partial charge in [-0.05, 0) is 46.9 Å². The topological polar surface area (TPSA) is 0 Å². The Labute approximate surface area is 142 Å². The van der Waals surface area contributed by atoms with Crippen LogP contribution in [0.1, 0.15) is 52.4 Å². The van der Waals surface area contributed by atoms with Crippen molar-refractivity contribution in [1.82, 2.24) is 0 Å².